The van der Waals surface area contributed by atoms with Crippen LogP contribution in [0, 0.1) is 11.8 Å². The van der Waals surface area contributed by atoms with E-state index < -0.39 is 0 Å². The minimum Gasteiger partial charge on any atom is -0.497 e. The van der Waals surface area contributed by atoms with E-state index in [2.05, 4.69) is 11.8 Å². The number of thioether (sulfide) groups is 1. The Hall–Kier alpha value is -1.15. The third-order valence-electron chi connectivity index (χ3n) is 2.53. The highest BCUT2D eigenvalue weighted by atomic mass is 32.2. The zero-order valence-corrected chi connectivity index (χ0v) is 12.4. The topological polar surface area (TPSA) is 44.5 Å². The predicted octanol–water partition coefficient (Wildman–Crippen LogP) is 2.28. The second-order valence-corrected chi connectivity index (χ2v) is 5.03. The zero-order chi connectivity index (χ0) is 13.9. The average molecular weight is 279 g/mol. The van der Waals surface area contributed by atoms with Gasteiger partial charge >= 0.3 is 0 Å². The maximum Gasteiger partial charge on any atom is 0.119 e. The molecule has 0 bridgehead atoms. The highest BCUT2D eigenvalue weighted by Gasteiger charge is 2.03. The first kappa shape index (κ1) is 15.9. The SMILES string of the molecule is COCCCSCc1cc(OC)ccc1C#CCN. The normalized spacial score (nSPS) is 9.84. The van der Waals surface area contributed by atoms with E-state index >= 15 is 0 Å². The highest BCUT2D eigenvalue weighted by Crippen LogP contribution is 2.22. The van der Waals surface area contributed by atoms with Gasteiger partial charge in [-0.1, -0.05) is 11.8 Å². The molecule has 0 unspecified atom stereocenters. The quantitative estimate of drug-likeness (QED) is 0.614. The fraction of sp³-hybridized carbons (Fsp3) is 0.467. The van der Waals surface area contributed by atoms with Crippen LogP contribution in [0.3, 0.4) is 0 Å². The number of hydrogen-bond acceptors (Lipinski definition) is 4. The van der Waals surface area contributed by atoms with Crippen LogP contribution in [-0.4, -0.2) is 33.1 Å². The van der Waals surface area contributed by atoms with Crippen molar-refractivity contribution in [2.24, 2.45) is 5.73 Å². The molecule has 0 saturated heterocycles. The summed E-state index contributed by atoms with van der Waals surface area (Å²) in [4.78, 5) is 0. The first-order chi connectivity index (χ1) is 9.31. The molecule has 0 aliphatic heterocycles. The number of ether oxygens (including phenoxy) is 2. The maximum absolute atomic E-state index is 5.42. The van der Waals surface area contributed by atoms with Crippen molar-refractivity contribution >= 4 is 11.8 Å². The molecule has 0 aliphatic rings. The minimum absolute atomic E-state index is 0.381. The molecule has 0 heterocycles. The van der Waals surface area contributed by atoms with Gasteiger partial charge in [-0.15, -0.1) is 0 Å². The summed E-state index contributed by atoms with van der Waals surface area (Å²) in [5.74, 6) is 8.88. The van der Waals surface area contributed by atoms with E-state index in [-0.39, 0.29) is 0 Å². The molecule has 0 aliphatic carbocycles. The lowest BCUT2D eigenvalue weighted by Gasteiger charge is -2.07. The van der Waals surface area contributed by atoms with Gasteiger partial charge in [0.2, 0.25) is 0 Å². The Morgan fingerprint density at radius 1 is 1.32 bits per heavy atom. The van der Waals surface area contributed by atoms with Crippen LogP contribution >= 0.6 is 11.8 Å². The van der Waals surface area contributed by atoms with Gasteiger partial charge in [0.05, 0.1) is 13.7 Å². The molecule has 2 N–H and O–H groups in total. The third kappa shape index (κ3) is 6.02. The van der Waals surface area contributed by atoms with Crippen LogP contribution < -0.4 is 10.5 Å². The summed E-state index contributed by atoms with van der Waals surface area (Å²) < 4.78 is 10.3. The molecule has 0 amide bonds. The van der Waals surface area contributed by atoms with Gasteiger partial charge in [0, 0.05) is 25.0 Å². The number of benzene rings is 1. The van der Waals surface area contributed by atoms with Crippen LogP contribution in [0.1, 0.15) is 17.5 Å². The van der Waals surface area contributed by atoms with Gasteiger partial charge in [0.15, 0.2) is 0 Å². The Balaban J connectivity index is 2.66. The lowest BCUT2D eigenvalue weighted by molar-refractivity contribution is 0.200. The van der Waals surface area contributed by atoms with E-state index in [0.717, 1.165) is 35.8 Å². The summed E-state index contributed by atoms with van der Waals surface area (Å²) >= 11 is 1.88. The van der Waals surface area contributed by atoms with Crippen molar-refractivity contribution in [2.75, 3.05) is 33.1 Å². The van der Waals surface area contributed by atoms with Gasteiger partial charge in [-0.2, -0.15) is 11.8 Å². The van der Waals surface area contributed by atoms with Crippen molar-refractivity contribution in [3.8, 4) is 17.6 Å². The number of hydrogen-bond donors (Lipinski definition) is 1. The van der Waals surface area contributed by atoms with Crippen molar-refractivity contribution < 1.29 is 9.47 Å². The lowest BCUT2D eigenvalue weighted by Crippen LogP contribution is -1.96. The van der Waals surface area contributed by atoms with Crippen molar-refractivity contribution in [1.82, 2.24) is 0 Å². The van der Waals surface area contributed by atoms with Gasteiger partial charge in [-0.05, 0) is 35.9 Å². The molecule has 3 nitrogen and oxygen atoms in total. The summed E-state index contributed by atoms with van der Waals surface area (Å²) in [5.41, 5.74) is 7.65. The summed E-state index contributed by atoms with van der Waals surface area (Å²) in [7, 11) is 3.41. The van der Waals surface area contributed by atoms with Crippen LogP contribution in [0.15, 0.2) is 18.2 Å². The molecule has 1 rings (SSSR count). The molecule has 4 heteroatoms. The van der Waals surface area contributed by atoms with Gasteiger partial charge in [-0.25, -0.2) is 0 Å². The second-order valence-electron chi connectivity index (χ2n) is 3.93. The van der Waals surface area contributed by atoms with Crippen LogP contribution in [-0.2, 0) is 10.5 Å². The van der Waals surface area contributed by atoms with Gasteiger partial charge in [0.1, 0.15) is 5.75 Å². The Morgan fingerprint density at radius 3 is 2.84 bits per heavy atom. The second kappa shape index (κ2) is 9.74. The molecular weight excluding hydrogens is 258 g/mol. The Bertz CT molecular complexity index is 438. The van der Waals surface area contributed by atoms with Crippen molar-refractivity contribution in [3.63, 3.8) is 0 Å². The van der Waals surface area contributed by atoms with Crippen LogP contribution in [0.5, 0.6) is 5.75 Å². The molecule has 1 aromatic carbocycles. The summed E-state index contributed by atoms with van der Waals surface area (Å²) in [5, 5.41) is 0. The molecule has 1 aromatic rings. The molecule has 0 radical (unpaired) electrons. The summed E-state index contributed by atoms with van der Waals surface area (Å²) in [6, 6.07) is 5.97. The van der Waals surface area contributed by atoms with Crippen LogP contribution in [0.4, 0.5) is 0 Å². The number of methoxy groups -OCH3 is 2. The van der Waals surface area contributed by atoms with E-state index in [9.17, 15) is 0 Å². The minimum atomic E-state index is 0.381. The molecule has 0 aromatic heterocycles. The van der Waals surface area contributed by atoms with Gasteiger partial charge < -0.3 is 15.2 Å². The third-order valence-corrected chi connectivity index (χ3v) is 3.62. The average Bonchev–Trinajstić information content (AvgIpc) is 2.45. The zero-order valence-electron chi connectivity index (χ0n) is 11.6. The summed E-state index contributed by atoms with van der Waals surface area (Å²) in [6.07, 6.45) is 1.06. The lowest BCUT2D eigenvalue weighted by atomic mass is 10.1. The molecule has 19 heavy (non-hydrogen) atoms. The molecule has 0 atom stereocenters. The van der Waals surface area contributed by atoms with E-state index in [0.29, 0.717) is 6.54 Å². The number of nitrogens with two attached hydrogens (primary N) is 1. The standard InChI is InChI=1S/C15H21NO2S/c1-17-9-4-10-19-12-14-11-15(18-2)7-6-13(14)5-3-8-16/h6-7,11H,4,8-10,12,16H2,1-2H3. The first-order valence-electron chi connectivity index (χ1n) is 6.24. The highest BCUT2D eigenvalue weighted by molar-refractivity contribution is 7.98. The van der Waals surface area contributed by atoms with E-state index in [1.54, 1.807) is 14.2 Å². The van der Waals surface area contributed by atoms with Gasteiger partial charge in [0.25, 0.3) is 0 Å². The predicted molar refractivity (Wildman–Crippen MR) is 81.6 cm³/mol. The summed E-state index contributed by atoms with van der Waals surface area (Å²) in [6.45, 7) is 1.19. The van der Waals surface area contributed by atoms with Gasteiger partial charge in [-0.3, -0.25) is 0 Å². The fourth-order valence-corrected chi connectivity index (χ4v) is 2.50. The Morgan fingerprint density at radius 2 is 2.16 bits per heavy atom. The number of rotatable bonds is 7. The molecule has 0 spiro atoms. The molecular formula is C15H21NO2S. The Kier molecular flexibility index (Phi) is 8.15. The fourth-order valence-electron chi connectivity index (χ4n) is 1.57. The van der Waals surface area contributed by atoms with E-state index in [1.165, 1.54) is 5.56 Å². The van der Waals surface area contributed by atoms with Crippen molar-refractivity contribution in [3.05, 3.63) is 29.3 Å². The maximum atomic E-state index is 5.42. The van der Waals surface area contributed by atoms with Crippen LogP contribution in [0.25, 0.3) is 0 Å². The smallest absolute Gasteiger partial charge is 0.119 e. The molecule has 0 saturated carbocycles. The van der Waals surface area contributed by atoms with Crippen LogP contribution in [0.2, 0.25) is 0 Å². The van der Waals surface area contributed by atoms with E-state index in [4.69, 9.17) is 15.2 Å². The molecule has 104 valence electrons. The molecule has 0 fully saturated rings. The Labute approximate surface area is 119 Å². The monoisotopic (exact) mass is 279 g/mol. The first-order valence-corrected chi connectivity index (χ1v) is 7.39. The van der Waals surface area contributed by atoms with Crippen molar-refractivity contribution in [1.29, 1.82) is 0 Å². The van der Waals surface area contributed by atoms with E-state index in [1.807, 2.05) is 30.0 Å². The van der Waals surface area contributed by atoms with Crippen molar-refractivity contribution in [2.45, 2.75) is 12.2 Å². The largest absolute Gasteiger partial charge is 0.497 e.